The van der Waals surface area contributed by atoms with Gasteiger partial charge < -0.3 is 24.6 Å². The number of hydrogen-bond donors (Lipinski definition) is 1. The summed E-state index contributed by atoms with van der Waals surface area (Å²) in [4.78, 5) is 50.6. The van der Waals surface area contributed by atoms with Gasteiger partial charge in [0.2, 0.25) is 17.7 Å². The zero-order valence-electron chi connectivity index (χ0n) is 27.9. The van der Waals surface area contributed by atoms with Crippen LogP contribution in [0.15, 0.2) is 42.5 Å². The van der Waals surface area contributed by atoms with E-state index in [1.807, 2.05) is 35.5 Å². The summed E-state index contributed by atoms with van der Waals surface area (Å²) in [5, 5.41) is 3.01. The molecule has 3 amide bonds. The van der Waals surface area contributed by atoms with Crippen LogP contribution in [0.5, 0.6) is 5.88 Å². The number of amides is 3. The molecule has 1 aromatic heterocycles. The molecule has 0 aliphatic carbocycles. The largest absolute Gasteiger partial charge is 0.475 e. The molecule has 1 aromatic carbocycles. The Hall–Kier alpha value is -3.71. The number of benzene rings is 1. The standard InChI is InChI=1S/C35H46F3N5O5/c1-34(2,3)20-31(44)42-15-16-47-17-18-48-30-6-4-5-28(40-30)32(45)39-27-19-29(33(46)41-13-11-25(21-42)12-14-41)43(23-27)22-24-7-9-26(10-8-24)35(36,37)38/h4-10,25,27,29H,11-23H2,1-3H3,(H,39,45)/t27-,29+/m1/s1. The molecule has 6 bridgehead atoms. The van der Waals surface area contributed by atoms with Gasteiger partial charge in [-0.1, -0.05) is 39.0 Å². The van der Waals surface area contributed by atoms with Gasteiger partial charge in [-0.15, -0.1) is 0 Å². The van der Waals surface area contributed by atoms with Crippen LogP contribution < -0.4 is 10.1 Å². The highest BCUT2D eigenvalue weighted by Gasteiger charge is 2.41. The smallest absolute Gasteiger partial charge is 0.416 e. The molecule has 0 saturated carbocycles. The highest BCUT2D eigenvalue weighted by atomic mass is 19.4. The molecule has 2 aromatic rings. The maximum atomic E-state index is 14.0. The van der Waals surface area contributed by atoms with Gasteiger partial charge in [-0.05, 0) is 54.4 Å². The van der Waals surface area contributed by atoms with Crippen LogP contribution in [-0.4, -0.2) is 102 Å². The van der Waals surface area contributed by atoms with Crippen LogP contribution in [0.2, 0.25) is 0 Å². The van der Waals surface area contributed by atoms with Crippen molar-refractivity contribution in [2.24, 2.45) is 11.3 Å². The summed E-state index contributed by atoms with van der Waals surface area (Å²) in [6, 6.07) is 8.93. The zero-order chi connectivity index (χ0) is 34.5. The molecule has 4 aliphatic rings. The van der Waals surface area contributed by atoms with E-state index in [1.54, 1.807) is 18.2 Å². The van der Waals surface area contributed by atoms with Crippen LogP contribution in [0.3, 0.4) is 0 Å². The number of rotatable bonds is 3. The minimum Gasteiger partial charge on any atom is -0.475 e. The molecular formula is C35H46F3N5O5. The molecule has 0 radical (unpaired) electrons. The molecule has 262 valence electrons. The lowest BCUT2D eigenvalue weighted by atomic mass is 9.90. The molecule has 48 heavy (non-hydrogen) atoms. The Labute approximate surface area is 279 Å². The molecule has 2 saturated heterocycles. The van der Waals surface area contributed by atoms with Crippen molar-refractivity contribution in [3.8, 4) is 5.88 Å². The van der Waals surface area contributed by atoms with E-state index in [0.29, 0.717) is 57.7 Å². The summed E-state index contributed by atoms with van der Waals surface area (Å²) in [5.41, 5.74) is -0.0850. The molecule has 0 spiro atoms. The molecule has 6 rings (SSSR count). The third-order valence-corrected chi connectivity index (χ3v) is 9.07. The number of fused-ring (bicyclic) bond motifs is 10. The first-order valence-electron chi connectivity index (χ1n) is 16.7. The number of carbonyl (C=O) groups is 3. The average Bonchev–Trinajstić information content (AvgIpc) is 3.42. The Morgan fingerprint density at radius 1 is 0.958 bits per heavy atom. The highest BCUT2D eigenvalue weighted by molar-refractivity contribution is 5.92. The minimum absolute atomic E-state index is 0.0643. The van der Waals surface area contributed by atoms with E-state index in [4.69, 9.17) is 9.47 Å². The molecule has 10 nitrogen and oxygen atoms in total. The van der Waals surface area contributed by atoms with Gasteiger partial charge in [0.1, 0.15) is 12.3 Å². The van der Waals surface area contributed by atoms with Crippen LogP contribution in [0.4, 0.5) is 13.2 Å². The monoisotopic (exact) mass is 673 g/mol. The Balaban J connectivity index is 1.35. The van der Waals surface area contributed by atoms with Crippen molar-refractivity contribution in [2.75, 3.05) is 52.5 Å². The summed E-state index contributed by atoms with van der Waals surface area (Å²) in [5.74, 6) is 0.105. The van der Waals surface area contributed by atoms with Crippen molar-refractivity contribution in [2.45, 2.75) is 71.3 Å². The number of ether oxygens (including phenoxy) is 2. The highest BCUT2D eigenvalue weighted by Crippen LogP contribution is 2.31. The van der Waals surface area contributed by atoms with Crippen molar-refractivity contribution < 1.29 is 37.0 Å². The second-order valence-electron chi connectivity index (χ2n) is 14.2. The van der Waals surface area contributed by atoms with Crippen LogP contribution in [-0.2, 0) is 27.0 Å². The summed E-state index contributed by atoms with van der Waals surface area (Å²) in [7, 11) is 0. The van der Waals surface area contributed by atoms with E-state index in [2.05, 4.69) is 10.3 Å². The summed E-state index contributed by atoms with van der Waals surface area (Å²) in [6.07, 6.45) is -2.18. The average molecular weight is 674 g/mol. The number of piperidine rings is 1. The van der Waals surface area contributed by atoms with E-state index in [-0.39, 0.29) is 60.5 Å². The molecule has 13 heteroatoms. The molecule has 4 aliphatic heterocycles. The second-order valence-corrected chi connectivity index (χ2v) is 14.2. The summed E-state index contributed by atoms with van der Waals surface area (Å²) < 4.78 is 51.1. The first-order chi connectivity index (χ1) is 22.7. The lowest BCUT2D eigenvalue weighted by Gasteiger charge is -2.37. The van der Waals surface area contributed by atoms with E-state index in [1.165, 1.54) is 12.1 Å². The van der Waals surface area contributed by atoms with Gasteiger partial charge in [0.25, 0.3) is 5.91 Å². The third-order valence-electron chi connectivity index (χ3n) is 9.07. The maximum Gasteiger partial charge on any atom is 0.416 e. The van der Waals surface area contributed by atoms with Crippen LogP contribution in [0, 0.1) is 11.3 Å². The lowest BCUT2D eigenvalue weighted by Crippen LogP contribution is -2.49. The van der Waals surface area contributed by atoms with Crippen molar-refractivity contribution in [3.63, 3.8) is 0 Å². The first kappa shape index (κ1) is 35.6. The number of halogens is 3. The number of aromatic nitrogens is 1. The zero-order valence-corrected chi connectivity index (χ0v) is 27.9. The van der Waals surface area contributed by atoms with E-state index < -0.39 is 23.7 Å². The summed E-state index contributed by atoms with van der Waals surface area (Å²) in [6.45, 7) is 9.70. The Bertz CT molecular complexity index is 1420. The maximum absolute atomic E-state index is 14.0. The van der Waals surface area contributed by atoms with E-state index in [0.717, 1.165) is 25.0 Å². The number of nitrogens with one attached hydrogen (secondary N) is 1. The predicted octanol–water partition coefficient (Wildman–Crippen LogP) is 4.39. The van der Waals surface area contributed by atoms with Gasteiger partial charge in [-0.2, -0.15) is 13.2 Å². The topological polar surface area (TPSA) is 104 Å². The molecule has 0 unspecified atom stereocenters. The normalized spacial score (nSPS) is 23.8. The predicted molar refractivity (Wildman–Crippen MR) is 172 cm³/mol. The Morgan fingerprint density at radius 3 is 2.38 bits per heavy atom. The summed E-state index contributed by atoms with van der Waals surface area (Å²) >= 11 is 0. The van der Waals surface area contributed by atoms with Crippen molar-refractivity contribution in [3.05, 3.63) is 59.3 Å². The number of pyridine rings is 1. The Morgan fingerprint density at radius 2 is 1.69 bits per heavy atom. The van der Waals surface area contributed by atoms with E-state index in [9.17, 15) is 27.6 Å². The molecule has 2 atom stereocenters. The molecule has 2 fully saturated rings. The van der Waals surface area contributed by atoms with Gasteiger partial charge in [0.05, 0.1) is 24.8 Å². The van der Waals surface area contributed by atoms with E-state index >= 15 is 0 Å². The quantitative estimate of drug-likeness (QED) is 0.483. The SMILES string of the molecule is CC(C)(C)CC(=O)N1CCOCCOc2cccc(n2)C(=O)N[C@@H]2C[C@@H](C(=O)N3CCC(CC3)C1)N(Cc1ccc(C(F)(F)F)cc1)C2. The van der Waals surface area contributed by atoms with Gasteiger partial charge in [-0.3, -0.25) is 19.3 Å². The van der Waals surface area contributed by atoms with Gasteiger partial charge >= 0.3 is 6.18 Å². The first-order valence-corrected chi connectivity index (χ1v) is 16.7. The number of hydrogen-bond acceptors (Lipinski definition) is 7. The molecular weight excluding hydrogens is 627 g/mol. The number of carbonyl (C=O) groups excluding carboxylic acids is 3. The minimum atomic E-state index is -4.44. The van der Waals surface area contributed by atoms with Gasteiger partial charge in [0, 0.05) is 57.8 Å². The van der Waals surface area contributed by atoms with Gasteiger partial charge in [0.15, 0.2) is 0 Å². The fraction of sp³-hybridized carbons (Fsp3) is 0.600. The molecule has 5 heterocycles. The van der Waals surface area contributed by atoms with Crippen molar-refractivity contribution in [1.82, 2.24) is 25.0 Å². The number of nitrogens with zero attached hydrogens (tertiary/aromatic N) is 4. The van der Waals surface area contributed by atoms with Crippen LogP contribution in [0.1, 0.15) is 68.1 Å². The van der Waals surface area contributed by atoms with Crippen molar-refractivity contribution in [1.29, 1.82) is 0 Å². The lowest BCUT2D eigenvalue weighted by molar-refractivity contribution is -0.139. The number of likely N-dealkylation sites (tertiary alicyclic amines) is 1. The fourth-order valence-corrected chi connectivity index (χ4v) is 6.58. The second kappa shape index (κ2) is 15.2. The van der Waals surface area contributed by atoms with Crippen LogP contribution in [0.25, 0.3) is 0 Å². The van der Waals surface area contributed by atoms with Crippen molar-refractivity contribution >= 4 is 17.7 Å². The third kappa shape index (κ3) is 9.68. The fourth-order valence-electron chi connectivity index (χ4n) is 6.58. The van der Waals surface area contributed by atoms with Crippen LogP contribution >= 0.6 is 0 Å². The van der Waals surface area contributed by atoms with Gasteiger partial charge in [-0.25, -0.2) is 4.98 Å². The Kier molecular flexibility index (Phi) is 11.3. The number of alkyl halides is 3. The molecule has 1 N–H and O–H groups in total.